The molecule has 0 amide bonds. The molecule has 1 aliphatic heterocycles. The van der Waals surface area contributed by atoms with Crippen molar-refractivity contribution in [3.63, 3.8) is 0 Å². The van der Waals surface area contributed by atoms with E-state index in [1.54, 1.807) is 12.2 Å². The molecule has 0 fully saturated rings. The van der Waals surface area contributed by atoms with Crippen molar-refractivity contribution in [2.45, 2.75) is 12.5 Å². The number of aldehydes is 1. The topological polar surface area (TPSA) is 80.5 Å². The van der Waals surface area contributed by atoms with Gasteiger partial charge >= 0.3 is 0 Å². The third-order valence-corrected chi connectivity index (χ3v) is 3.27. The van der Waals surface area contributed by atoms with Crippen molar-refractivity contribution < 1.29 is 13.2 Å². The van der Waals surface area contributed by atoms with Crippen LogP contribution in [0.4, 0.5) is 0 Å². The third kappa shape index (κ3) is 3.17. The lowest BCUT2D eigenvalue weighted by molar-refractivity contribution is -0.108. The van der Waals surface area contributed by atoms with Crippen molar-refractivity contribution in [1.29, 1.82) is 0 Å². The fourth-order valence-electron chi connectivity index (χ4n) is 1.25. The van der Waals surface area contributed by atoms with Crippen LogP contribution in [0.25, 0.3) is 0 Å². The van der Waals surface area contributed by atoms with E-state index in [1.165, 1.54) is 10.5 Å². The molecule has 0 aliphatic carbocycles. The van der Waals surface area contributed by atoms with E-state index in [1.807, 2.05) is 0 Å². The van der Waals surface area contributed by atoms with E-state index in [2.05, 4.69) is 0 Å². The summed E-state index contributed by atoms with van der Waals surface area (Å²) in [6.07, 6.45) is 6.95. The van der Waals surface area contributed by atoms with Gasteiger partial charge in [-0.05, 0) is 11.6 Å². The molecule has 0 aromatic rings. The maximum atomic E-state index is 11.1. The lowest BCUT2D eigenvalue weighted by atomic mass is 10.0. The van der Waals surface area contributed by atoms with Crippen molar-refractivity contribution in [2.24, 2.45) is 5.73 Å². The van der Waals surface area contributed by atoms with Crippen LogP contribution in [-0.2, 0) is 14.8 Å². The van der Waals surface area contributed by atoms with Gasteiger partial charge in [-0.15, -0.1) is 0 Å². The molecule has 0 bridgehead atoms. The van der Waals surface area contributed by atoms with E-state index in [-0.39, 0.29) is 19.0 Å². The van der Waals surface area contributed by atoms with Crippen molar-refractivity contribution in [3.05, 3.63) is 23.9 Å². The maximum absolute atomic E-state index is 11.1. The Balaban J connectivity index is 2.69. The number of nitrogens with zero attached hydrogens (tertiary/aromatic N) is 1. The first-order valence-corrected chi connectivity index (χ1v) is 6.34. The molecule has 1 rings (SSSR count). The standard InChI is InChI=1S/C9H14N2O3S/c1-15(13,14)11-5-2-8(3-6-11)9(10)4-7-12/h2-3,5,7,9H,4,6,10H2,1H3/t9-/m0/s1. The highest BCUT2D eigenvalue weighted by molar-refractivity contribution is 7.88. The minimum atomic E-state index is -3.20. The van der Waals surface area contributed by atoms with E-state index in [0.29, 0.717) is 0 Å². The first-order chi connectivity index (χ1) is 6.95. The summed E-state index contributed by atoms with van der Waals surface area (Å²) >= 11 is 0. The fourth-order valence-corrected chi connectivity index (χ4v) is 1.88. The highest BCUT2D eigenvalue weighted by atomic mass is 32.2. The minimum absolute atomic E-state index is 0.245. The predicted octanol–water partition coefficient (Wildman–Crippen LogP) is -0.382. The molecular weight excluding hydrogens is 216 g/mol. The zero-order valence-corrected chi connectivity index (χ0v) is 9.28. The zero-order valence-electron chi connectivity index (χ0n) is 8.46. The second-order valence-corrected chi connectivity index (χ2v) is 5.30. The number of sulfonamides is 1. The molecule has 2 N–H and O–H groups in total. The molecule has 1 atom stereocenters. The van der Waals surface area contributed by atoms with E-state index >= 15 is 0 Å². The maximum Gasteiger partial charge on any atom is 0.232 e. The average Bonchev–Trinajstić information content (AvgIpc) is 2.17. The normalized spacial score (nSPS) is 18.5. The molecule has 15 heavy (non-hydrogen) atoms. The molecule has 0 unspecified atom stereocenters. The minimum Gasteiger partial charge on any atom is -0.324 e. The van der Waals surface area contributed by atoms with Crippen molar-refractivity contribution >= 4 is 16.3 Å². The van der Waals surface area contributed by atoms with Gasteiger partial charge in [-0.25, -0.2) is 8.42 Å². The molecule has 0 aromatic heterocycles. The molecular formula is C9H14N2O3S. The van der Waals surface area contributed by atoms with Crippen molar-refractivity contribution in [3.8, 4) is 0 Å². The number of hydrogen-bond donors (Lipinski definition) is 1. The second-order valence-electron chi connectivity index (χ2n) is 3.36. The number of hydrogen-bond acceptors (Lipinski definition) is 4. The van der Waals surface area contributed by atoms with Gasteiger partial charge in [-0.2, -0.15) is 0 Å². The molecule has 6 heteroatoms. The van der Waals surface area contributed by atoms with E-state index in [9.17, 15) is 13.2 Å². The van der Waals surface area contributed by atoms with Gasteiger partial charge in [-0.3, -0.25) is 4.31 Å². The summed E-state index contributed by atoms with van der Waals surface area (Å²) in [5.41, 5.74) is 6.49. The number of nitrogens with two attached hydrogens (primary N) is 1. The van der Waals surface area contributed by atoms with E-state index in [0.717, 1.165) is 18.1 Å². The largest absolute Gasteiger partial charge is 0.324 e. The van der Waals surface area contributed by atoms with Gasteiger partial charge < -0.3 is 10.5 Å². The first-order valence-electron chi connectivity index (χ1n) is 4.49. The van der Waals surface area contributed by atoms with Crippen LogP contribution in [0.5, 0.6) is 0 Å². The molecule has 1 aliphatic rings. The van der Waals surface area contributed by atoms with Crippen molar-refractivity contribution in [1.82, 2.24) is 4.31 Å². The number of carbonyl (C=O) groups excluding carboxylic acids is 1. The lowest BCUT2D eigenvalue weighted by Crippen LogP contribution is -2.30. The summed E-state index contributed by atoms with van der Waals surface area (Å²) < 4.78 is 23.5. The smallest absolute Gasteiger partial charge is 0.232 e. The first kappa shape index (κ1) is 11.9. The second kappa shape index (κ2) is 4.59. The Hall–Kier alpha value is -1.14. The van der Waals surface area contributed by atoms with Crippen LogP contribution in [0, 0.1) is 0 Å². The van der Waals surface area contributed by atoms with Gasteiger partial charge in [0.15, 0.2) is 0 Å². The summed E-state index contributed by atoms with van der Waals surface area (Å²) in [4.78, 5) is 10.2. The van der Waals surface area contributed by atoms with Gasteiger partial charge in [0.05, 0.1) is 12.8 Å². The summed E-state index contributed by atoms with van der Waals surface area (Å²) in [5.74, 6) is 0. The highest BCUT2D eigenvalue weighted by Crippen LogP contribution is 2.13. The van der Waals surface area contributed by atoms with E-state index in [4.69, 9.17) is 5.73 Å². The Morgan fingerprint density at radius 2 is 2.33 bits per heavy atom. The third-order valence-electron chi connectivity index (χ3n) is 2.14. The van der Waals surface area contributed by atoms with Crippen LogP contribution in [0.3, 0.4) is 0 Å². The summed E-state index contributed by atoms with van der Waals surface area (Å²) in [7, 11) is -3.20. The molecule has 5 nitrogen and oxygen atoms in total. The van der Waals surface area contributed by atoms with Gasteiger partial charge in [0.1, 0.15) is 6.29 Å². The van der Waals surface area contributed by atoms with Crippen LogP contribution in [-0.4, -0.2) is 37.9 Å². The van der Waals surface area contributed by atoms with Gasteiger partial charge in [0.2, 0.25) is 10.0 Å². The Morgan fingerprint density at radius 3 is 2.73 bits per heavy atom. The molecule has 1 heterocycles. The number of rotatable bonds is 4. The molecule has 0 saturated heterocycles. The Morgan fingerprint density at radius 1 is 1.67 bits per heavy atom. The number of carbonyl (C=O) groups is 1. The Bertz CT molecular complexity index is 398. The summed E-state index contributed by atoms with van der Waals surface area (Å²) in [6.45, 7) is 0.275. The predicted molar refractivity (Wildman–Crippen MR) is 57.4 cm³/mol. The zero-order chi connectivity index (χ0) is 11.5. The van der Waals surface area contributed by atoms with Gasteiger partial charge in [0, 0.05) is 18.7 Å². The molecule has 0 saturated carbocycles. The highest BCUT2D eigenvalue weighted by Gasteiger charge is 2.16. The fraction of sp³-hybridized carbons (Fsp3) is 0.444. The monoisotopic (exact) mass is 230 g/mol. The van der Waals surface area contributed by atoms with Crippen LogP contribution in [0.15, 0.2) is 23.9 Å². The molecule has 0 radical (unpaired) electrons. The van der Waals surface area contributed by atoms with Crippen LogP contribution in [0.1, 0.15) is 6.42 Å². The van der Waals surface area contributed by atoms with Crippen LogP contribution < -0.4 is 5.73 Å². The Kier molecular flexibility index (Phi) is 3.65. The summed E-state index contributed by atoms with van der Waals surface area (Å²) in [5, 5.41) is 0. The van der Waals surface area contributed by atoms with E-state index < -0.39 is 10.0 Å². The molecule has 84 valence electrons. The molecule has 0 aromatic carbocycles. The average molecular weight is 230 g/mol. The summed E-state index contributed by atoms with van der Waals surface area (Å²) in [6, 6.07) is -0.347. The van der Waals surface area contributed by atoms with Crippen molar-refractivity contribution in [2.75, 3.05) is 12.8 Å². The van der Waals surface area contributed by atoms with Crippen LogP contribution >= 0.6 is 0 Å². The lowest BCUT2D eigenvalue weighted by Gasteiger charge is -2.22. The SMILES string of the molecule is CS(=O)(=O)N1C=CC([C@@H](N)CC=O)=CC1. The molecule has 0 spiro atoms. The Labute approximate surface area is 89.3 Å². The van der Waals surface area contributed by atoms with Gasteiger partial charge in [0.25, 0.3) is 0 Å². The van der Waals surface area contributed by atoms with Crippen LogP contribution in [0.2, 0.25) is 0 Å². The quantitative estimate of drug-likeness (QED) is 0.667. The van der Waals surface area contributed by atoms with Gasteiger partial charge in [-0.1, -0.05) is 6.08 Å².